The van der Waals surface area contributed by atoms with E-state index >= 15 is 0 Å². The van der Waals surface area contributed by atoms with Gasteiger partial charge in [-0.2, -0.15) is 0 Å². The summed E-state index contributed by atoms with van der Waals surface area (Å²) in [5.74, 6) is 0.628. The highest BCUT2D eigenvalue weighted by Crippen LogP contribution is 2.46. The first kappa shape index (κ1) is 33.5. The van der Waals surface area contributed by atoms with E-state index in [2.05, 4.69) is 10.7 Å². The van der Waals surface area contributed by atoms with Crippen LogP contribution in [-0.4, -0.2) is 34.9 Å². The Kier molecular flexibility index (Phi) is 13.0. The molecule has 0 saturated heterocycles. The number of carboxylic acid groups (broad SMARTS) is 1. The number of ether oxygens (including phenoxy) is 1. The number of aliphatic carboxylic acids is 1. The Bertz CT molecular complexity index is 1140. The van der Waals surface area contributed by atoms with Crippen LogP contribution in [0.1, 0.15) is 65.0 Å². The molecule has 2 aromatic carbocycles. The number of Topliss-reactive ketones (excluding diaryl/α,β-unsaturated/α-hetero) is 1. The molecule has 224 valence electrons. The van der Waals surface area contributed by atoms with Crippen LogP contribution in [0.25, 0.3) is 0 Å². The zero-order valence-electron chi connectivity index (χ0n) is 24.8. The molecule has 41 heavy (non-hydrogen) atoms. The fraction of sp³-hybridized carbons (Fsp3) is 0.500. The lowest BCUT2D eigenvalue weighted by Crippen LogP contribution is -2.56. The topological polar surface area (TPSA) is 148 Å². The Morgan fingerprint density at radius 3 is 1.93 bits per heavy atom. The summed E-state index contributed by atoms with van der Waals surface area (Å²) >= 11 is 0. The number of nitrogens with two attached hydrogens (primary N) is 1. The van der Waals surface area contributed by atoms with Crippen LogP contribution in [0.2, 0.25) is 0 Å². The molecule has 2 unspecified atom stereocenters. The Balaban J connectivity index is 2.53. The van der Waals surface area contributed by atoms with Crippen LogP contribution in [0.4, 0.5) is 4.79 Å². The monoisotopic (exact) mass is 567 g/mol. The van der Waals surface area contributed by atoms with Crippen molar-refractivity contribution in [3.8, 4) is 0 Å². The number of hydrogen-bond acceptors (Lipinski definition) is 6. The summed E-state index contributed by atoms with van der Waals surface area (Å²) in [4.78, 5) is 53.4. The molecule has 0 fully saturated rings. The van der Waals surface area contributed by atoms with Gasteiger partial charge in [-0.3, -0.25) is 19.8 Å². The molecular weight excluding hydrogens is 522 g/mol. The summed E-state index contributed by atoms with van der Waals surface area (Å²) in [5.41, 5.74) is 2.36. The fourth-order valence-electron chi connectivity index (χ4n) is 5.74. The summed E-state index contributed by atoms with van der Waals surface area (Å²) in [5, 5.41) is 13.3. The third kappa shape index (κ3) is 9.70. The fourth-order valence-corrected chi connectivity index (χ4v) is 5.74. The zero-order chi connectivity index (χ0) is 30.6. The van der Waals surface area contributed by atoms with Crippen LogP contribution in [0.5, 0.6) is 0 Å². The van der Waals surface area contributed by atoms with E-state index in [4.69, 9.17) is 10.6 Å². The van der Waals surface area contributed by atoms with Gasteiger partial charge in [0.1, 0.15) is 6.61 Å². The minimum atomic E-state index is -1.49. The lowest BCUT2D eigenvalue weighted by Gasteiger charge is -2.43. The number of ketones is 1. The number of rotatable bonds is 16. The average molecular weight is 568 g/mol. The molecule has 0 heterocycles. The predicted molar refractivity (Wildman–Crippen MR) is 157 cm³/mol. The Morgan fingerprint density at radius 1 is 0.878 bits per heavy atom. The van der Waals surface area contributed by atoms with Crippen LogP contribution < -0.4 is 16.6 Å². The molecule has 4 atom stereocenters. The lowest BCUT2D eigenvalue weighted by atomic mass is 9.58. The maximum atomic E-state index is 14.5. The lowest BCUT2D eigenvalue weighted by molar-refractivity contribution is -0.161. The number of amides is 2. The van der Waals surface area contributed by atoms with E-state index in [0.717, 1.165) is 11.1 Å². The summed E-state index contributed by atoms with van der Waals surface area (Å²) in [6.07, 6.45) is 0.212. The van der Waals surface area contributed by atoms with Gasteiger partial charge in [-0.15, -0.1) is 0 Å². The number of hydrazine groups is 1. The molecule has 0 saturated carbocycles. The van der Waals surface area contributed by atoms with Gasteiger partial charge in [0.15, 0.2) is 5.78 Å². The maximum Gasteiger partial charge on any atom is 0.408 e. The second-order valence-corrected chi connectivity index (χ2v) is 11.6. The Labute approximate surface area is 243 Å². The first-order valence-electron chi connectivity index (χ1n) is 14.2. The predicted octanol–water partition coefficient (Wildman–Crippen LogP) is 4.89. The molecule has 2 amide bonds. The number of carbonyl (C=O) groups excluding carboxylic acids is 3. The van der Waals surface area contributed by atoms with Crippen molar-refractivity contribution in [2.75, 3.05) is 0 Å². The van der Waals surface area contributed by atoms with Crippen molar-refractivity contribution < 1.29 is 29.0 Å². The van der Waals surface area contributed by atoms with Crippen LogP contribution in [0.15, 0.2) is 60.7 Å². The van der Waals surface area contributed by atoms with Gasteiger partial charge in [-0.25, -0.2) is 10.6 Å². The van der Waals surface area contributed by atoms with Gasteiger partial charge in [0.25, 0.3) is 0 Å². The Morgan fingerprint density at radius 2 is 1.44 bits per heavy atom. The van der Waals surface area contributed by atoms with Crippen LogP contribution in [-0.2, 0) is 32.1 Å². The van der Waals surface area contributed by atoms with Crippen LogP contribution in [0.3, 0.4) is 0 Å². The molecule has 0 aliphatic carbocycles. The summed E-state index contributed by atoms with van der Waals surface area (Å²) in [6.45, 7) is 9.15. The van der Waals surface area contributed by atoms with E-state index in [1.54, 1.807) is 0 Å². The third-order valence-electron chi connectivity index (χ3n) is 7.37. The van der Waals surface area contributed by atoms with Crippen molar-refractivity contribution in [2.45, 2.75) is 73.0 Å². The summed E-state index contributed by atoms with van der Waals surface area (Å²) in [7, 11) is 0. The molecule has 0 spiro atoms. The van der Waals surface area contributed by atoms with Crippen molar-refractivity contribution >= 4 is 23.8 Å². The number of carbonyl (C=O) groups is 4. The molecule has 0 aliphatic rings. The van der Waals surface area contributed by atoms with Crippen molar-refractivity contribution in [1.29, 1.82) is 0 Å². The molecule has 2 aromatic rings. The highest BCUT2D eigenvalue weighted by atomic mass is 16.5. The van der Waals surface area contributed by atoms with E-state index in [9.17, 15) is 24.3 Å². The normalized spacial score (nSPS) is 14.9. The number of aryl methyl sites for hydroxylation is 1. The largest absolute Gasteiger partial charge is 0.481 e. The highest BCUT2D eigenvalue weighted by Gasteiger charge is 2.54. The van der Waals surface area contributed by atoms with Gasteiger partial charge in [0, 0.05) is 5.41 Å². The van der Waals surface area contributed by atoms with Crippen molar-refractivity contribution in [2.24, 2.45) is 34.9 Å². The van der Waals surface area contributed by atoms with Crippen molar-refractivity contribution in [3.63, 3.8) is 0 Å². The van der Waals surface area contributed by atoms with Crippen molar-refractivity contribution in [3.05, 3.63) is 71.8 Å². The molecule has 2 rings (SSSR count). The minimum absolute atomic E-state index is 0.0175. The van der Waals surface area contributed by atoms with E-state index in [1.165, 1.54) is 6.92 Å². The van der Waals surface area contributed by atoms with Crippen LogP contribution >= 0.6 is 0 Å². The van der Waals surface area contributed by atoms with E-state index in [0.29, 0.717) is 6.42 Å². The second-order valence-electron chi connectivity index (χ2n) is 11.6. The number of carboxylic acids is 1. The Hall–Kier alpha value is -3.72. The highest BCUT2D eigenvalue weighted by molar-refractivity contribution is 5.97. The summed E-state index contributed by atoms with van der Waals surface area (Å²) < 4.78 is 5.34. The molecule has 0 aromatic heterocycles. The average Bonchev–Trinajstić information content (AvgIpc) is 2.93. The van der Waals surface area contributed by atoms with Crippen molar-refractivity contribution in [1.82, 2.24) is 10.7 Å². The number of hydrogen-bond donors (Lipinski definition) is 4. The van der Waals surface area contributed by atoms with E-state index in [-0.39, 0.29) is 37.7 Å². The molecule has 0 bridgehead atoms. The van der Waals surface area contributed by atoms with Gasteiger partial charge in [-0.1, -0.05) is 88.4 Å². The molecule has 0 radical (unpaired) electrons. The second kappa shape index (κ2) is 15.9. The first-order chi connectivity index (χ1) is 19.4. The zero-order valence-corrected chi connectivity index (χ0v) is 24.8. The first-order valence-corrected chi connectivity index (χ1v) is 14.2. The number of alkyl carbamates (subject to hydrolysis) is 1. The smallest absolute Gasteiger partial charge is 0.408 e. The van der Waals surface area contributed by atoms with Crippen LogP contribution in [0, 0.1) is 29.1 Å². The summed E-state index contributed by atoms with van der Waals surface area (Å²) in [6, 6.07) is 17.5. The maximum absolute atomic E-state index is 14.5. The molecule has 9 heteroatoms. The SMILES string of the molecule is CC(C)C[C@@H](C(=O)NN)C(C(=O)O)C(CCc1ccccc1)(CC(C)C)C(=O)[C@@H](C)NC(=O)OCc1ccccc1. The molecular formula is C32H45N3O6. The van der Waals surface area contributed by atoms with Gasteiger partial charge < -0.3 is 15.2 Å². The van der Waals surface area contributed by atoms with Gasteiger partial charge in [0.2, 0.25) is 5.91 Å². The number of benzene rings is 2. The van der Waals surface area contributed by atoms with E-state index < -0.39 is 47.0 Å². The molecule has 0 aliphatic heterocycles. The van der Waals surface area contributed by atoms with Gasteiger partial charge in [-0.05, 0) is 55.6 Å². The minimum Gasteiger partial charge on any atom is -0.481 e. The number of nitrogens with one attached hydrogen (secondary N) is 2. The van der Waals surface area contributed by atoms with E-state index in [1.807, 2.05) is 88.4 Å². The molecule has 5 N–H and O–H groups in total. The molecule has 9 nitrogen and oxygen atoms in total. The quantitative estimate of drug-likeness (QED) is 0.128. The van der Waals surface area contributed by atoms with Gasteiger partial charge >= 0.3 is 12.1 Å². The third-order valence-corrected chi connectivity index (χ3v) is 7.37. The standard InChI is InChI=1S/C32H45N3O6/c1-21(2)18-26(29(37)35-33)27(30(38)39)32(19-22(3)4,17-16-24-12-8-6-9-13-24)28(36)23(5)34-31(40)41-20-25-14-10-7-11-15-25/h6-15,21-23,26-27H,16-20,33H2,1-5H3,(H,34,40)(H,35,37)(H,38,39)/t23-,26-,27?,32?/m1/s1. The van der Waals surface area contributed by atoms with Gasteiger partial charge in [0.05, 0.1) is 17.9 Å².